The van der Waals surface area contributed by atoms with E-state index in [-0.39, 0.29) is 16.9 Å². The second kappa shape index (κ2) is 1.77. The van der Waals surface area contributed by atoms with Crippen LogP contribution in [0.5, 0.6) is 0 Å². The zero-order valence-corrected chi connectivity index (χ0v) is 6.80. The Labute approximate surface area is 65.1 Å². The van der Waals surface area contributed by atoms with E-state index in [1.54, 1.807) is 4.90 Å². The maximum Gasteiger partial charge on any atom is 0.209 e. The molecule has 0 aromatic heterocycles. The summed E-state index contributed by atoms with van der Waals surface area (Å²) in [6.07, 6.45) is 0.774. The Bertz CT molecular complexity index is 275. The van der Waals surface area contributed by atoms with Crippen LogP contribution >= 0.6 is 0 Å². The predicted molar refractivity (Wildman–Crippen MR) is 38.7 cm³/mol. The summed E-state index contributed by atoms with van der Waals surface area (Å²) in [5.41, 5.74) is -0.0419. The molecule has 0 N–H and O–H groups in total. The predicted octanol–water partition coefficient (Wildman–Crippen LogP) is -1.13. The minimum Gasteiger partial charge on any atom is -0.344 e. The van der Waals surface area contributed by atoms with E-state index < -0.39 is 9.84 Å². The molecule has 2 heterocycles. The van der Waals surface area contributed by atoms with E-state index >= 15 is 0 Å². The Morgan fingerprint density at radius 2 is 1.82 bits per heavy atom. The van der Waals surface area contributed by atoms with Crippen molar-refractivity contribution in [2.45, 2.75) is 0 Å². The molecule has 2 saturated heterocycles. The van der Waals surface area contributed by atoms with Crippen molar-refractivity contribution in [2.75, 3.05) is 24.6 Å². The van der Waals surface area contributed by atoms with Gasteiger partial charge in [-0.15, -0.1) is 0 Å². The third-order valence-electron chi connectivity index (χ3n) is 2.28. The third-order valence-corrected chi connectivity index (χ3v) is 4.38. The molecule has 2 aliphatic rings. The van der Waals surface area contributed by atoms with Gasteiger partial charge >= 0.3 is 0 Å². The molecule has 1 spiro atoms. The topological polar surface area (TPSA) is 54.5 Å². The average molecular weight is 175 g/mol. The van der Waals surface area contributed by atoms with Gasteiger partial charge < -0.3 is 4.90 Å². The number of carbonyl (C=O) groups excluding carboxylic acids is 1. The highest BCUT2D eigenvalue weighted by Gasteiger charge is 2.55. The Balaban J connectivity index is 1.98. The van der Waals surface area contributed by atoms with E-state index in [1.165, 1.54) is 0 Å². The summed E-state index contributed by atoms with van der Waals surface area (Å²) in [4.78, 5) is 11.8. The molecule has 2 fully saturated rings. The Hall–Kier alpha value is -0.580. The summed E-state index contributed by atoms with van der Waals surface area (Å²) >= 11 is 0. The van der Waals surface area contributed by atoms with Crippen molar-refractivity contribution in [3.63, 3.8) is 0 Å². The van der Waals surface area contributed by atoms with E-state index in [2.05, 4.69) is 0 Å². The van der Waals surface area contributed by atoms with Gasteiger partial charge in [-0.2, -0.15) is 0 Å². The fraction of sp³-hybridized carbons (Fsp3) is 0.833. The van der Waals surface area contributed by atoms with Crippen LogP contribution in [0.3, 0.4) is 0 Å². The molecule has 0 aromatic rings. The fourth-order valence-electron chi connectivity index (χ4n) is 1.96. The highest BCUT2D eigenvalue weighted by Crippen LogP contribution is 2.40. The molecule has 0 radical (unpaired) electrons. The molecule has 5 heteroatoms. The second-order valence-electron chi connectivity index (χ2n) is 3.54. The van der Waals surface area contributed by atoms with E-state index in [0.29, 0.717) is 13.1 Å². The zero-order chi connectivity index (χ0) is 8.11. The lowest BCUT2D eigenvalue weighted by Crippen LogP contribution is -2.67. The number of rotatable bonds is 1. The van der Waals surface area contributed by atoms with Crippen LogP contribution in [0.2, 0.25) is 0 Å². The van der Waals surface area contributed by atoms with Gasteiger partial charge in [-0.3, -0.25) is 4.79 Å². The van der Waals surface area contributed by atoms with Crippen LogP contribution in [0.1, 0.15) is 0 Å². The molecule has 0 saturated carbocycles. The molecule has 2 aliphatic heterocycles. The second-order valence-corrected chi connectivity index (χ2v) is 5.61. The third kappa shape index (κ3) is 0.946. The first-order valence-corrected chi connectivity index (χ1v) is 5.27. The minimum atomic E-state index is -2.72. The number of likely N-dealkylation sites (tertiary alicyclic amines) is 1. The van der Waals surface area contributed by atoms with Gasteiger partial charge in [0.05, 0.1) is 11.5 Å². The van der Waals surface area contributed by atoms with Crippen molar-refractivity contribution in [1.82, 2.24) is 4.90 Å². The summed E-state index contributed by atoms with van der Waals surface area (Å²) in [5, 5.41) is 0. The van der Waals surface area contributed by atoms with Crippen LogP contribution in [0.4, 0.5) is 0 Å². The van der Waals surface area contributed by atoms with Crippen molar-refractivity contribution >= 4 is 16.2 Å². The molecule has 4 nitrogen and oxygen atoms in total. The number of sulfone groups is 1. The SMILES string of the molecule is O=CN1CC2(C1)CS(=O)(=O)C2. The standard InChI is InChI=1S/C6H9NO3S/c8-5-7-1-6(2-7)3-11(9,10)4-6/h5H,1-4H2. The van der Waals surface area contributed by atoms with Gasteiger partial charge in [0.1, 0.15) is 0 Å². The molecule has 0 aliphatic carbocycles. The monoisotopic (exact) mass is 175 g/mol. The Morgan fingerprint density at radius 3 is 2.18 bits per heavy atom. The van der Waals surface area contributed by atoms with Crippen LogP contribution in [-0.4, -0.2) is 44.3 Å². The normalized spacial score (nSPS) is 30.7. The largest absolute Gasteiger partial charge is 0.344 e. The zero-order valence-electron chi connectivity index (χ0n) is 5.99. The fourth-order valence-corrected chi connectivity index (χ4v) is 4.11. The molecule has 62 valence electrons. The molecule has 1 amide bonds. The molecule has 11 heavy (non-hydrogen) atoms. The quantitative estimate of drug-likeness (QED) is 0.474. The van der Waals surface area contributed by atoms with Crippen molar-refractivity contribution < 1.29 is 13.2 Å². The highest BCUT2D eigenvalue weighted by atomic mass is 32.2. The Kier molecular flexibility index (Phi) is 1.14. The van der Waals surface area contributed by atoms with Crippen LogP contribution in [0.15, 0.2) is 0 Å². The van der Waals surface area contributed by atoms with Crippen molar-refractivity contribution in [2.24, 2.45) is 5.41 Å². The lowest BCUT2D eigenvalue weighted by molar-refractivity contribution is -0.127. The lowest BCUT2D eigenvalue weighted by atomic mass is 9.83. The number of nitrogens with zero attached hydrogens (tertiary/aromatic N) is 1. The van der Waals surface area contributed by atoms with Gasteiger partial charge in [0.2, 0.25) is 6.41 Å². The minimum absolute atomic E-state index is 0.0419. The van der Waals surface area contributed by atoms with Gasteiger partial charge in [0.25, 0.3) is 0 Å². The highest BCUT2D eigenvalue weighted by molar-refractivity contribution is 7.92. The average Bonchev–Trinajstić information content (AvgIpc) is 1.75. The van der Waals surface area contributed by atoms with E-state index in [4.69, 9.17) is 0 Å². The summed E-state index contributed by atoms with van der Waals surface area (Å²) in [5.74, 6) is 0.564. The summed E-state index contributed by atoms with van der Waals surface area (Å²) in [6, 6.07) is 0. The molecular weight excluding hydrogens is 166 g/mol. The maximum atomic E-state index is 10.8. The molecule has 2 rings (SSSR count). The van der Waals surface area contributed by atoms with Crippen LogP contribution < -0.4 is 0 Å². The maximum absolute atomic E-state index is 10.8. The van der Waals surface area contributed by atoms with Crippen molar-refractivity contribution in [3.8, 4) is 0 Å². The van der Waals surface area contributed by atoms with Gasteiger partial charge in [-0.25, -0.2) is 8.42 Å². The van der Waals surface area contributed by atoms with E-state index in [1.807, 2.05) is 0 Å². The van der Waals surface area contributed by atoms with Gasteiger partial charge in [0.15, 0.2) is 9.84 Å². The first-order chi connectivity index (χ1) is 5.05. The Morgan fingerprint density at radius 1 is 1.27 bits per heavy atom. The van der Waals surface area contributed by atoms with Crippen molar-refractivity contribution in [3.05, 3.63) is 0 Å². The number of carbonyl (C=O) groups is 1. The van der Waals surface area contributed by atoms with Gasteiger partial charge in [0, 0.05) is 18.5 Å². The van der Waals surface area contributed by atoms with Crippen molar-refractivity contribution in [1.29, 1.82) is 0 Å². The summed E-state index contributed by atoms with van der Waals surface area (Å²) in [7, 11) is -2.72. The van der Waals surface area contributed by atoms with Crippen LogP contribution in [-0.2, 0) is 14.6 Å². The molecule has 0 bridgehead atoms. The summed E-state index contributed by atoms with van der Waals surface area (Å²) < 4.78 is 21.6. The molecule has 0 unspecified atom stereocenters. The van der Waals surface area contributed by atoms with Gasteiger partial charge in [-0.1, -0.05) is 0 Å². The van der Waals surface area contributed by atoms with Gasteiger partial charge in [-0.05, 0) is 0 Å². The molecule has 0 atom stereocenters. The molecular formula is C6H9NO3S. The smallest absolute Gasteiger partial charge is 0.209 e. The molecule has 0 aromatic carbocycles. The number of hydrogen-bond acceptors (Lipinski definition) is 3. The van der Waals surface area contributed by atoms with Crippen LogP contribution in [0, 0.1) is 5.41 Å². The lowest BCUT2D eigenvalue weighted by Gasteiger charge is -2.53. The summed E-state index contributed by atoms with van der Waals surface area (Å²) in [6.45, 7) is 1.27. The first-order valence-electron chi connectivity index (χ1n) is 3.45. The van der Waals surface area contributed by atoms with E-state index in [9.17, 15) is 13.2 Å². The van der Waals surface area contributed by atoms with Crippen LogP contribution in [0.25, 0.3) is 0 Å². The number of hydrogen-bond donors (Lipinski definition) is 0. The number of amides is 1. The van der Waals surface area contributed by atoms with E-state index in [0.717, 1.165) is 6.41 Å². The first kappa shape index (κ1) is 7.09.